The van der Waals surface area contributed by atoms with Gasteiger partial charge in [0.1, 0.15) is 13.2 Å². The Bertz CT molecular complexity index is 525. The Labute approximate surface area is 110 Å². The minimum atomic E-state index is 0.291. The summed E-state index contributed by atoms with van der Waals surface area (Å²) < 4.78 is 11.1. The molecule has 0 radical (unpaired) electrons. The highest BCUT2D eigenvalue weighted by Crippen LogP contribution is 2.33. The van der Waals surface area contributed by atoms with E-state index in [1.165, 1.54) is 5.56 Å². The summed E-state index contributed by atoms with van der Waals surface area (Å²) in [6, 6.07) is 8.41. The molecule has 0 fully saturated rings. The Hall–Kier alpha value is -1.68. The molecule has 0 aliphatic carbocycles. The van der Waals surface area contributed by atoms with E-state index in [0.717, 1.165) is 17.2 Å². The second-order valence-corrected chi connectivity index (χ2v) is 5.06. The third-order valence-electron chi connectivity index (χ3n) is 2.97. The molecule has 0 spiro atoms. The topological polar surface area (TPSA) is 30.5 Å². The normalized spacial score (nSPS) is 15.2. The molecular weight excluding hydrogens is 246 g/mol. The van der Waals surface area contributed by atoms with E-state index in [0.29, 0.717) is 19.3 Å². The van der Waals surface area contributed by atoms with Crippen molar-refractivity contribution in [3.63, 3.8) is 0 Å². The number of anilines is 1. The fourth-order valence-electron chi connectivity index (χ4n) is 1.99. The lowest BCUT2D eigenvalue weighted by atomic mass is 10.1. The Morgan fingerprint density at radius 3 is 2.78 bits per heavy atom. The molecule has 3 rings (SSSR count). The fourth-order valence-corrected chi connectivity index (χ4v) is 2.74. The summed E-state index contributed by atoms with van der Waals surface area (Å²) in [5.74, 6) is 1.65. The van der Waals surface area contributed by atoms with Crippen LogP contribution in [0.25, 0.3) is 0 Å². The maximum Gasteiger partial charge on any atom is 0.163 e. The van der Waals surface area contributed by atoms with Gasteiger partial charge in [0.05, 0.1) is 0 Å². The molecule has 0 saturated heterocycles. The third kappa shape index (κ3) is 2.29. The van der Waals surface area contributed by atoms with Crippen molar-refractivity contribution in [2.75, 3.05) is 18.5 Å². The largest absolute Gasteiger partial charge is 0.486 e. The number of rotatable bonds is 3. The maximum absolute atomic E-state index is 5.57. The van der Waals surface area contributed by atoms with Crippen molar-refractivity contribution in [1.82, 2.24) is 0 Å². The van der Waals surface area contributed by atoms with Gasteiger partial charge in [-0.25, -0.2) is 0 Å². The number of fused-ring (bicyclic) bond motifs is 1. The fraction of sp³-hybridized carbons (Fsp3) is 0.286. The first kappa shape index (κ1) is 11.4. The average molecular weight is 261 g/mol. The SMILES string of the molecule is CC(Nc1ccc2c(c1)OCCO2)c1ccsc1. The van der Waals surface area contributed by atoms with Crippen LogP contribution in [-0.2, 0) is 0 Å². The average Bonchev–Trinajstić information content (AvgIpc) is 2.92. The van der Waals surface area contributed by atoms with Gasteiger partial charge in [-0.05, 0) is 41.4 Å². The molecule has 3 nitrogen and oxygen atoms in total. The minimum absolute atomic E-state index is 0.291. The standard InChI is InChI=1S/C14H15NO2S/c1-10(11-4-7-18-9-11)15-12-2-3-13-14(8-12)17-6-5-16-13/h2-4,7-10,15H,5-6H2,1H3. The van der Waals surface area contributed by atoms with Crippen molar-refractivity contribution >= 4 is 17.0 Å². The van der Waals surface area contributed by atoms with Gasteiger partial charge in [0.25, 0.3) is 0 Å². The zero-order valence-electron chi connectivity index (χ0n) is 10.2. The molecule has 1 aromatic carbocycles. The zero-order valence-corrected chi connectivity index (χ0v) is 11.0. The summed E-state index contributed by atoms with van der Waals surface area (Å²) in [5, 5.41) is 7.72. The lowest BCUT2D eigenvalue weighted by molar-refractivity contribution is 0.171. The van der Waals surface area contributed by atoms with E-state index in [1.54, 1.807) is 11.3 Å². The van der Waals surface area contributed by atoms with E-state index in [-0.39, 0.29) is 0 Å². The van der Waals surface area contributed by atoms with Crippen LogP contribution < -0.4 is 14.8 Å². The van der Waals surface area contributed by atoms with Gasteiger partial charge in [-0.1, -0.05) is 0 Å². The predicted octanol–water partition coefficient (Wildman–Crippen LogP) is 3.69. The van der Waals surface area contributed by atoms with Gasteiger partial charge in [-0.15, -0.1) is 0 Å². The highest BCUT2D eigenvalue weighted by Gasteiger charge is 2.13. The summed E-state index contributed by atoms with van der Waals surface area (Å²) in [5.41, 5.74) is 2.35. The summed E-state index contributed by atoms with van der Waals surface area (Å²) in [6.07, 6.45) is 0. The van der Waals surface area contributed by atoms with Gasteiger partial charge in [-0.2, -0.15) is 11.3 Å². The molecule has 0 bridgehead atoms. The molecule has 94 valence electrons. The maximum atomic E-state index is 5.57. The molecule has 1 atom stereocenters. The van der Waals surface area contributed by atoms with E-state index in [4.69, 9.17) is 9.47 Å². The van der Waals surface area contributed by atoms with Crippen molar-refractivity contribution in [3.05, 3.63) is 40.6 Å². The Morgan fingerprint density at radius 1 is 1.17 bits per heavy atom. The first-order valence-corrected chi connectivity index (χ1v) is 6.95. The molecule has 18 heavy (non-hydrogen) atoms. The lowest BCUT2D eigenvalue weighted by Crippen LogP contribution is -2.15. The molecular formula is C14H15NO2S. The lowest BCUT2D eigenvalue weighted by Gasteiger charge is -2.20. The van der Waals surface area contributed by atoms with Crippen LogP contribution in [0.1, 0.15) is 18.5 Å². The second-order valence-electron chi connectivity index (χ2n) is 4.28. The van der Waals surface area contributed by atoms with Gasteiger partial charge in [0.2, 0.25) is 0 Å². The minimum Gasteiger partial charge on any atom is -0.486 e. The Balaban J connectivity index is 1.77. The third-order valence-corrected chi connectivity index (χ3v) is 3.67. The first-order valence-electron chi connectivity index (χ1n) is 6.01. The van der Waals surface area contributed by atoms with E-state index < -0.39 is 0 Å². The van der Waals surface area contributed by atoms with E-state index >= 15 is 0 Å². The summed E-state index contributed by atoms with van der Waals surface area (Å²) in [6.45, 7) is 3.40. The highest BCUT2D eigenvalue weighted by atomic mass is 32.1. The molecule has 0 amide bonds. The Kier molecular flexibility index (Phi) is 3.11. The van der Waals surface area contributed by atoms with Crippen LogP contribution in [0.4, 0.5) is 5.69 Å². The van der Waals surface area contributed by atoms with Crippen molar-refractivity contribution < 1.29 is 9.47 Å². The first-order chi connectivity index (χ1) is 8.83. The Morgan fingerprint density at radius 2 is 2.00 bits per heavy atom. The molecule has 1 aromatic heterocycles. The number of ether oxygens (including phenoxy) is 2. The molecule has 2 aromatic rings. The van der Waals surface area contributed by atoms with Crippen LogP contribution in [-0.4, -0.2) is 13.2 Å². The second kappa shape index (κ2) is 4.90. The monoisotopic (exact) mass is 261 g/mol. The van der Waals surface area contributed by atoms with E-state index in [1.807, 2.05) is 18.2 Å². The van der Waals surface area contributed by atoms with Crippen LogP contribution in [0.2, 0.25) is 0 Å². The quantitative estimate of drug-likeness (QED) is 0.914. The molecule has 1 aliphatic rings. The molecule has 1 N–H and O–H groups in total. The number of hydrogen-bond acceptors (Lipinski definition) is 4. The summed E-state index contributed by atoms with van der Waals surface area (Å²) in [4.78, 5) is 0. The molecule has 4 heteroatoms. The molecule has 0 saturated carbocycles. The number of nitrogens with one attached hydrogen (secondary N) is 1. The van der Waals surface area contributed by atoms with Crippen LogP contribution in [0.5, 0.6) is 11.5 Å². The van der Waals surface area contributed by atoms with Crippen LogP contribution in [0.15, 0.2) is 35.0 Å². The smallest absolute Gasteiger partial charge is 0.163 e. The van der Waals surface area contributed by atoms with Crippen molar-refractivity contribution in [2.24, 2.45) is 0 Å². The van der Waals surface area contributed by atoms with Gasteiger partial charge < -0.3 is 14.8 Å². The van der Waals surface area contributed by atoms with Gasteiger partial charge in [-0.3, -0.25) is 0 Å². The van der Waals surface area contributed by atoms with E-state index in [9.17, 15) is 0 Å². The van der Waals surface area contributed by atoms with Crippen molar-refractivity contribution in [3.8, 4) is 11.5 Å². The van der Waals surface area contributed by atoms with E-state index in [2.05, 4.69) is 29.1 Å². The number of thiophene rings is 1. The predicted molar refractivity (Wildman–Crippen MR) is 73.8 cm³/mol. The number of benzene rings is 1. The van der Waals surface area contributed by atoms with Crippen LogP contribution >= 0.6 is 11.3 Å². The van der Waals surface area contributed by atoms with Gasteiger partial charge >= 0.3 is 0 Å². The summed E-state index contributed by atoms with van der Waals surface area (Å²) in [7, 11) is 0. The van der Waals surface area contributed by atoms with Crippen molar-refractivity contribution in [2.45, 2.75) is 13.0 Å². The van der Waals surface area contributed by atoms with Crippen LogP contribution in [0.3, 0.4) is 0 Å². The molecule has 1 unspecified atom stereocenters. The highest BCUT2D eigenvalue weighted by molar-refractivity contribution is 7.07. The molecule has 1 aliphatic heterocycles. The van der Waals surface area contributed by atoms with Gasteiger partial charge in [0.15, 0.2) is 11.5 Å². The summed E-state index contributed by atoms with van der Waals surface area (Å²) >= 11 is 1.72. The number of hydrogen-bond donors (Lipinski definition) is 1. The van der Waals surface area contributed by atoms with Crippen LogP contribution in [0, 0.1) is 0 Å². The molecule has 2 heterocycles. The van der Waals surface area contributed by atoms with Crippen molar-refractivity contribution in [1.29, 1.82) is 0 Å². The zero-order chi connectivity index (χ0) is 12.4. The van der Waals surface area contributed by atoms with Gasteiger partial charge in [0, 0.05) is 17.8 Å².